The van der Waals surface area contributed by atoms with E-state index in [1.54, 1.807) is 25.3 Å². The number of rotatable bonds is 5. The summed E-state index contributed by atoms with van der Waals surface area (Å²) >= 11 is 0. The first kappa shape index (κ1) is 29.2. The maximum Gasteiger partial charge on any atom is 0.438 e. The average Bonchev–Trinajstić information content (AvgIpc) is 2.83. The van der Waals surface area contributed by atoms with Crippen molar-refractivity contribution in [2.24, 2.45) is 0 Å². The summed E-state index contributed by atoms with van der Waals surface area (Å²) in [4.78, 5) is 4.28. The van der Waals surface area contributed by atoms with E-state index in [0.717, 1.165) is 39.3 Å². The minimum absolute atomic E-state index is 0.0275. The molecule has 0 saturated heterocycles. The fourth-order valence-corrected chi connectivity index (χ4v) is 4.78. The highest BCUT2D eigenvalue weighted by Crippen LogP contribution is 2.43. The van der Waals surface area contributed by atoms with Crippen LogP contribution >= 0.6 is 0 Å². The average molecular weight is 534 g/mol. The van der Waals surface area contributed by atoms with Gasteiger partial charge in [0, 0.05) is 28.9 Å². The molecule has 0 atom stereocenters. The van der Waals surface area contributed by atoms with E-state index in [1.165, 1.54) is 6.07 Å². The minimum Gasteiger partial charge on any atom is -0.363 e. The van der Waals surface area contributed by atoms with Crippen LogP contribution in [0.5, 0.6) is 0 Å². The molecule has 0 aliphatic rings. The lowest BCUT2D eigenvalue weighted by molar-refractivity contribution is -0.343. The summed E-state index contributed by atoms with van der Waals surface area (Å²) in [6, 6.07) is 13.1. The molecule has 38 heavy (non-hydrogen) atoms. The van der Waals surface area contributed by atoms with Gasteiger partial charge >= 0.3 is 18.0 Å². The van der Waals surface area contributed by atoms with Gasteiger partial charge in [-0.25, -0.2) is 0 Å². The van der Waals surface area contributed by atoms with Gasteiger partial charge < -0.3 is 5.11 Å². The lowest BCUT2D eigenvalue weighted by Crippen LogP contribution is -2.55. The fourth-order valence-electron chi connectivity index (χ4n) is 4.78. The van der Waals surface area contributed by atoms with Crippen molar-refractivity contribution in [3.05, 3.63) is 88.2 Å². The van der Waals surface area contributed by atoms with Crippen LogP contribution in [0.1, 0.15) is 60.1 Å². The summed E-state index contributed by atoms with van der Waals surface area (Å²) in [7, 11) is 0. The van der Waals surface area contributed by atoms with Crippen LogP contribution in [-0.4, -0.2) is 28.0 Å². The zero-order valence-electron chi connectivity index (χ0n) is 21.8. The molecule has 8 heteroatoms. The summed E-state index contributed by atoms with van der Waals surface area (Å²) < 4.78 is 78.1. The Morgan fingerprint density at radius 1 is 0.763 bits per heavy atom. The molecule has 0 spiro atoms. The summed E-state index contributed by atoms with van der Waals surface area (Å²) in [5.74, 6) is 2.95. The first-order valence-corrected chi connectivity index (χ1v) is 12.1. The molecule has 2 aromatic carbocycles. The number of aliphatic hydroxyl groups is 1. The van der Waals surface area contributed by atoms with Gasteiger partial charge in [0.25, 0.3) is 0 Å². The predicted octanol–water partition coefficient (Wildman–Crippen LogP) is 7.99. The van der Waals surface area contributed by atoms with E-state index in [4.69, 9.17) is 0 Å². The highest BCUT2D eigenvalue weighted by Gasteiger charge is 2.70. The highest BCUT2D eigenvalue weighted by atomic mass is 19.4. The van der Waals surface area contributed by atoms with Crippen LogP contribution in [0, 0.1) is 32.6 Å². The molecule has 3 aromatic rings. The first-order valence-electron chi connectivity index (χ1n) is 12.1. The first-order chi connectivity index (χ1) is 17.6. The van der Waals surface area contributed by atoms with Gasteiger partial charge in [0.2, 0.25) is 0 Å². The second-order valence-electron chi connectivity index (χ2n) is 9.56. The Balaban J connectivity index is 2.06. The van der Waals surface area contributed by atoms with E-state index in [2.05, 4.69) is 17.1 Å². The number of halogens is 6. The maximum atomic E-state index is 13.0. The smallest absolute Gasteiger partial charge is 0.363 e. The molecule has 1 heterocycles. The number of hydrogen-bond donors (Lipinski definition) is 1. The van der Waals surface area contributed by atoms with E-state index in [9.17, 15) is 31.4 Å². The van der Waals surface area contributed by atoms with E-state index in [0.29, 0.717) is 18.4 Å². The molecular weight excluding hydrogens is 504 g/mol. The number of hydrogen-bond acceptors (Lipinski definition) is 2. The normalized spacial score (nSPS) is 12.7. The molecule has 1 N–H and O–H groups in total. The molecule has 3 rings (SSSR count). The van der Waals surface area contributed by atoms with Crippen molar-refractivity contribution in [3.8, 4) is 23.0 Å². The molecule has 0 saturated carbocycles. The van der Waals surface area contributed by atoms with E-state index >= 15 is 0 Å². The van der Waals surface area contributed by atoms with Gasteiger partial charge in [0.15, 0.2) is 0 Å². The van der Waals surface area contributed by atoms with Crippen LogP contribution in [-0.2, 0) is 5.41 Å². The number of aryl methyl sites for hydroxylation is 3. The lowest BCUT2D eigenvalue weighted by atomic mass is 9.69. The van der Waals surface area contributed by atoms with Crippen molar-refractivity contribution in [1.82, 2.24) is 4.98 Å². The molecule has 0 aliphatic heterocycles. The fraction of sp³-hybridized carbons (Fsp3) is 0.367. The molecular formula is C30H29F6NO. The number of aromatic nitrogens is 1. The van der Waals surface area contributed by atoms with Crippen molar-refractivity contribution in [1.29, 1.82) is 0 Å². The lowest BCUT2D eigenvalue weighted by Gasteiger charge is -2.34. The van der Waals surface area contributed by atoms with Gasteiger partial charge in [-0.1, -0.05) is 50.1 Å². The molecule has 0 radical (unpaired) electrons. The third-order valence-corrected chi connectivity index (χ3v) is 7.15. The minimum atomic E-state index is -6.00. The van der Waals surface area contributed by atoms with E-state index in [-0.39, 0.29) is 5.56 Å². The van der Waals surface area contributed by atoms with Gasteiger partial charge in [-0.3, -0.25) is 4.98 Å². The van der Waals surface area contributed by atoms with E-state index < -0.39 is 23.4 Å². The SMILES string of the molecule is CCC(CC)(c1ccc(C#CC(O)(C(F)(F)F)C(F)(F)F)c(C)c1)c1ccc(-c2cncc(C)c2)c(C)c1. The van der Waals surface area contributed by atoms with Crippen LogP contribution in [0.25, 0.3) is 11.1 Å². The van der Waals surface area contributed by atoms with Gasteiger partial charge in [0.1, 0.15) is 0 Å². The number of alkyl halides is 6. The van der Waals surface area contributed by atoms with Gasteiger partial charge in [0.05, 0.1) is 0 Å². The molecule has 0 bridgehead atoms. The van der Waals surface area contributed by atoms with Gasteiger partial charge in [-0.05, 0) is 85.0 Å². The van der Waals surface area contributed by atoms with Crippen LogP contribution in [0.3, 0.4) is 0 Å². The van der Waals surface area contributed by atoms with Crippen molar-refractivity contribution < 1.29 is 31.4 Å². The monoisotopic (exact) mass is 533 g/mol. The second kappa shape index (κ2) is 10.5. The summed E-state index contributed by atoms with van der Waals surface area (Å²) in [5.41, 5.74) is 0.898. The Morgan fingerprint density at radius 2 is 1.32 bits per heavy atom. The highest BCUT2D eigenvalue weighted by molar-refractivity contribution is 5.68. The van der Waals surface area contributed by atoms with Crippen molar-refractivity contribution >= 4 is 0 Å². The Kier molecular flexibility index (Phi) is 8.05. The Bertz CT molecular complexity index is 1360. The zero-order valence-corrected chi connectivity index (χ0v) is 21.8. The Labute approximate surface area is 218 Å². The van der Waals surface area contributed by atoms with Crippen molar-refractivity contribution in [3.63, 3.8) is 0 Å². The van der Waals surface area contributed by atoms with Gasteiger partial charge in [-0.2, -0.15) is 26.3 Å². The zero-order chi connectivity index (χ0) is 28.5. The number of nitrogens with zero attached hydrogens (tertiary/aromatic N) is 1. The molecule has 0 aliphatic carbocycles. The van der Waals surface area contributed by atoms with Crippen LogP contribution in [0.15, 0.2) is 54.9 Å². The topological polar surface area (TPSA) is 33.1 Å². The Hall–Kier alpha value is -3.31. The molecule has 1 aromatic heterocycles. The summed E-state index contributed by atoms with van der Waals surface area (Å²) in [6.45, 7) is 9.63. The predicted molar refractivity (Wildman–Crippen MR) is 136 cm³/mol. The third-order valence-electron chi connectivity index (χ3n) is 7.15. The van der Waals surface area contributed by atoms with Crippen molar-refractivity contribution in [2.45, 2.75) is 70.8 Å². The quantitative estimate of drug-likeness (QED) is 0.266. The molecule has 0 unspecified atom stereocenters. The van der Waals surface area contributed by atoms with E-state index in [1.807, 2.05) is 51.9 Å². The van der Waals surface area contributed by atoms with Crippen LogP contribution in [0.2, 0.25) is 0 Å². The molecule has 0 fully saturated rings. The largest absolute Gasteiger partial charge is 0.438 e. The van der Waals surface area contributed by atoms with Crippen LogP contribution < -0.4 is 0 Å². The molecule has 202 valence electrons. The standard InChI is InChI=1S/C30H29F6NO/c1-6-27(7-2,25-10-11-26(21(5)16-25)23-14-19(3)17-37-18-23)24-9-8-22(20(4)15-24)12-13-28(38,29(31,32)33)30(34,35)36/h8-11,14-18,38H,6-7H2,1-5H3. The summed E-state index contributed by atoms with van der Waals surface area (Å²) in [6.07, 6.45) is -6.98. The molecule has 0 amide bonds. The second-order valence-corrected chi connectivity index (χ2v) is 9.56. The van der Waals surface area contributed by atoms with Gasteiger partial charge in [-0.15, -0.1) is 0 Å². The number of pyridine rings is 1. The maximum absolute atomic E-state index is 13.0. The molecule has 2 nitrogen and oxygen atoms in total. The number of benzene rings is 2. The summed E-state index contributed by atoms with van der Waals surface area (Å²) in [5, 5.41) is 9.36. The Morgan fingerprint density at radius 3 is 1.79 bits per heavy atom. The third kappa shape index (κ3) is 5.30. The van der Waals surface area contributed by atoms with Crippen LogP contribution in [0.4, 0.5) is 26.3 Å². The van der Waals surface area contributed by atoms with Crippen molar-refractivity contribution in [2.75, 3.05) is 0 Å².